The first kappa shape index (κ1) is 24.0. The fourth-order valence-electron chi connectivity index (χ4n) is 7.87. The summed E-state index contributed by atoms with van der Waals surface area (Å²) in [4.78, 5) is 27.7. The molecular formula is C32H34N2O3S. The number of amides is 1. The van der Waals surface area contributed by atoms with Gasteiger partial charge in [-0.15, -0.1) is 11.3 Å². The molecule has 0 spiro atoms. The number of carbonyl (C=O) groups excluding carboxylic acids is 2. The monoisotopic (exact) mass is 526 g/mol. The number of benzene rings is 2. The molecule has 6 heteroatoms. The Morgan fingerprint density at radius 3 is 2.71 bits per heavy atom. The van der Waals surface area contributed by atoms with Gasteiger partial charge < -0.3 is 15.4 Å². The number of esters is 1. The molecule has 1 aliphatic heterocycles. The number of carbonyl (C=O) groups is 2. The van der Waals surface area contributed by atoms with E-state index < -0.39 is 0 Å². The lowest BCUT2D eigenvalue weighted by molar-refractivity contribution is 0.0526. The van der Waals surface area contributed by atoms with Gasteiger partial charge in [0, 0.05) is 16.1 Å². The zero-order chi connectivity index (χ0) is 25.8. The maximum atomic E-state index is 13.6. The molecule has 0 radical (unpaired) electrons. The summed E-state index contributed by atoms with van der Waals surface area (Å²) in [6, 6.07) is 17.3. The normalized spacial score (nSPS) is 26.6. The van der Waals surface area contributed by atoms with Gasteiger partial charge in [-0.25, -0.2) is 4.79 Å². The van der Waals surface area contributed by atoms with Gasteiger partial charge in [0.05, 0.1) is 18.2 Å². The molecule has 2 heterocycles. The second-order valence-electron chi connectivity index (χ2n) is 11.4. The highest BCUT2D eigenvalue weighted by Crippen LogP contribution is 2.63. The minimum atomic E-state index is -0.325. The van der Waals surface area contributed by atoms with Gasteiger partial charge in [0.2, 0.25) is 0 Å². The third kappa shape index (κ3) is 3.87. The van der Waals surface area contributed by atoms with E-state index in [1.165, 1.54) is 35.3 Å². The van der Waals surface area contributed by atoms with E-state index in [2.05, 4.69) is 53.1 Å². The summed E-state index contributed by atoms with van der Waals surface area (Å²) in [5.41, 5.74) is 6.10. The Labute approximate surface area is 228 Å². The van der Waals surface area contributed by atoms with Crippen LogP contribution in [0.25, 0.3) is 0 Å². The maximum absolute atomic E-state index is 13.6. The Kier molecular flexibility index (Phi) is 6.03. The molecule has 2 bridgehead atoms. The van der Waals surface area contributed by atoms with Gasteiger partial charge in [-0.3, -0.25) is 4.79 Å². The Balaban J connectivity index is 1.21. The first-order valence-electron chi connectivity index (χ1n) is 14.2. The van der Waals surface area contributed by atoms with Crippen LogP contribution in [0, 0.1) is 17.8 Å². The number of nitrogens with one attached hydrogen (secondary N) is 2. The fraction of sp³-hybridized carbons (Fsp3) is 0.438. The molecule has 0 saturated heterocycles. The Bertz CT molecular complexity index is 1400. The summed E-state index contributed by atoms with van der Waals surface area (Å²) in [5, 5.41) is 7.62. The van der Waals surface area contributed by atoms with E-state index in [-0.39, 0.29) is 11.9 Å². The lowest BCUT2D eigenvalue weighted by atomic mass is 9.68. The van der Waals surface area contributed by atoms with Crippen molar-refractivity contribution >= 4 is 33.9 Å². The summed E-state index contributed by atoms with van der Waals surface area (Å²) in [7, 11) is 0. The summed E-state index contributed by atoms with van der Waals surface area (Å²) >= 11 is 1.55. The lowest BCUT2D eigenvalue weighted by Crippen LogP contribution is -2.35. The molecule has 196 valence electrons. The van der Waals surface area contributed by atoms with Crippen molar-refractivity contribution in [2.75, 3.05) is 17.2 Å². The number of rotatable bonds is 5. The van der Waals surface area contributed by atoms with Crippen molar-refractivity contribution in [1.82, 2.24) is 0 Å². The number of hydrogen-bond donors (Lipinski definition) is 2. The van der Waals surface area contributed by atoms with Crippen LogP contribution in [-0.4, -0.2) is 18.5 Å². The predicted molar refractivity (Wildman–Crippen MR) is 151 cm³/mol. The summed E-state index contributed by atoms with van der Waals surface area (Å²) in [6.45, 7) is 2.14. The van der Waals surface area contributed by atoms with Crippen molar-refractivity contribution in [1.29, 1.82) is 0 Å². The van der Waals surface area contributed by atoms with Gasteiger partial charge in [0.15, 0.2) is 0 Å². The third-order valence-corrected chi connectivity index (χ3v) is 10.6. The molecule has 0 unspecified atom stereocenters. The van der Waals surface area contributed by atoms with E-state index >= 15 is 0 Å². The van der Waals surface area contributed by atoms with E-state index in [1.807, 2.05) is 13.0 Å². The molecule has 2 saturated carbocycles. The minimum absolute atomic E-state index is 0.151. The highest BCUT2D eigenvalue weighted by Gasteiger charge is 2.53. The van der Waals surface area contributed by atoms with Crippen LogP contribution in [-0.2, 0) is 17.6 Å². The molecular weight excluding hydrogens is 492 g/mol. The smallest absolute Gasteiger partial charge is 0.341 e. The predicted octanol–water partition coefficient (Wildman–Crippen LogP) is 7.35. The van der Waals surface area contributed by atoms with E-state index in [0.29, 0.717) is 46.5 Å². The first-order chi connectivity index (χ1) is 18.6. The average Bonchev–Trinajstić information content (AvgIpc) is 3.66. The molecule has 2 N–H and O–H groups in total. The second kappa shape index (κ2) is 9.57. The van der Waals surface area contributed by atoms with Crippen LogP contribution in [0.1, 0.15) is 93.3 Å². The molecule has 5 nitrogen and oxygen atoms in total. The van der Waals surface area contributed by atoms with Crippen LogP contribution in [0.15, 0.2) is 48.5 Å². The van der Waals surface area contributed by atoms with Crippen LogP contribution in [0.4, 0.5) is 10.7 Å². The molecule has 2 aromatic carbocycles. The first-order valence-corrected chi connectivity index (χ1v) is 15.0. The van der Waals surface area contributed by atoms with Crippen LogP contribution in [0.2, 0.25) is 0 Å². The fourth-order valence-corrected chi connectivity index (χ4v) is 9.14. The van der Waals surface area contributed by atoms with Crippen LogP contribution < -0.4 is 10.6 Å². The molecule has 5 atom stereocenters. The van der Waals surface area contributed by atoms with E-state index in [0.717, 1.165) is 42.9 Å². The molecule has 7 rings (SSSR count). The van der Waals surface area contributed by atoms with Crippen LogP contribution in [0.3, 0.4) is 0 Å². The standard InChI is InChI=1S/C32H34N2O3S/c1-2-37-32(36)28-22-10-6-7-11-25(22)38-31(28)34-30(35)21-14-15-24-23(17-21)26-19-12-13-20(16-19)27(26)29(33-24)18-8-4-3-5-9-18/h3-5,8-9,14-15,17,19-20,26-27,29,33H,2,6-7,10-13,16H2,1H3,(H,34,35)/t19-,20-,26-,27+,29-/m0/s1. The van der Waals surface area contributed by atoms with Gasteiger partial charge in [-0.2, -0.15) is 0 Å². The number of hydrogen-bond acceptors (Lipinski definition) is 5. The minimum Gasteiger partial charge on any atom is -0.462 e. The molecule has 2 fully saturated rings. The molecule has 3 aliphatic carbocycles. The van der Waals surface area contributed by atoms with Crippen molar-refractivity contribution < 1.29 is 14.3 Å². The van der Waals surface area contributed by atoms with Crippen molar-refractivity contribution in [2.24, 2.45) is 17.8 Å². The molecule has 3 aromatic rings. The number of anilines is 2. The second-order valence-corrected chi connectivity index (χ2v) is 12.5. The largest absolute Gasteiger partial charge is 0.462 e. The topological polar surface area (TPSA) is 67.4 Å². The lowest BCUT2D eigenvalue weighted by Gasteiger charge is -2.43. The Morgan fingerprint density at radius 2 is 1.87 bits per heavy atom. The zero-order valence-electron chi connectivity index (χ0n) is 21.8. The Morgan fingerprint density at radius 1 is 1.05 bits per heavy atom. The highest BCUT2D eigenvalue weighted by molar-refractivity contribution is 7.17. The summed E-state index contributed by atoms with van der Waals surface area (Å²) < 4.78 is 5.38. The maximum Gasteiger partial charge on any atom is 0.341 e. The zero-order valence-corrected chi connectivity index (χ0v) is 22.6. The van der Waals surface area contributed by atoms with Crippen molar-refractivity contribution in [3.63, 3.8) is 0 Å². The number of fused-ring (bicyclic) bond motifs is 8. The van der Waals surface area contributed by atoms with Gasteiger partial charge >= 0.3 is 5.97 Å². The summed E-state index contributed by atoms with van der Waals surface area (Å²) in [6.07, 6.45) is 7.90. The molecule has 38 heavy (non-hydrogen) atoms. The van der Waals surface area contributed by atoms with Crippen molar-refractivity contribution in [2.45, 2.75) is 63.8 Å². The van der Waals surface area contributed by atoms with Crippen LogP contribution >= 0.6 is 11.3 Å². The van der Waals surface area contributed by atoms with Crippen molar-refractivity contribution in [3.05, 3.63) is 81.2 Å². The van der Waals surface area contributed by atoms with Gasteiger partial charge in [0.1, 0.15) is 5.00 Å². The average molecular weight is 527 g/mol. The Hall–Kier alpha value is -3.12. The number of ether oxygens (including phenoxy) is 1. The highest BCUT2D eigenvalue weighted by atomic mass is 32.1. The molecule has 1 aromatic heterocycles. The summed E-state index contributed by atoms with van der Waals surface area (Å²) in [5.74, 6) is 1.98. The quantitative estimate of drug-likeness (QED) is 0.341. The molecule has 1 amide bonds. The van der Waals surface area contributed by atoms with E-state index in [4.69, 9.17) is 4.74 Å². The number of aryl methyl sites for hydroxylation is 1. The van der Waals surface area contributed by atoms with Gasteiger partial charge in [-0.05, 0) is 110 Å². The van der Waals surface area contributed by atoms with Gasteiger partial charge in [-0.1, -0.05) is 30.3 Å². The number of thiophene rings is 1. The van der Waals surface area contributed by atoms with E-state index in [1.54, 1.807) is 11.3 Å². The van der Waals surface area contributed by atoms with Gasteiger partial charge in [0.25, 0.3) is 5.91 Å². The van der Waals surface area contributed by atoms with Crippen LogP contribution in [0.5, 0.6) is 0 Å². The van der Waals surface area contributed by atoms with E-state index in [9.17, 15) is 9.59 Å². The molecule has 4 aliphatic rings. The van der Waals surface area contributed by atoms with Crippen molar-refractivity contribution in [3.8, 4) is 0 Å². The SMILES string of the molecule is CCOC(=O)c1c(NC(=O)c2ccc3c(c2)[C@@H]2[C@H]4CC[C@@H](C4)[C@H]2[C@H](c2ccccc2)N3)sc2c1CCCC2. The third-order valence-electron chi connectivity index (χ3n) is 9.39.